The summed E-state index contributed by atoms with van der Waals surface area (Å²) in [6, 6.07) is 11.0. The van der Waals surface area contributed by atoms with E-state index in [-0.39, 0.29) is 11.4 Å². The second-order valence-electron chi connectivity index (χ2n) is 6.98. The van der Waals surface area contributed by atoms with Crippen molar-refractivity contribution in [2.24, 2.45) is 11.1 Å². The minimum atomic E-state index is -0.302. The van der Waals surface area contributed by atoms with Crippen LogP contribution < -0.4 is 11.1 Å². The molecule has 1 aromatic carbocycles. The third kappa shape index (κ3) is 4.21. The van der Waals surface area contributed by atoms with E-state index in [1.54, 1.807) is 4.90 Å². The Morgan fingerprint density at radius 3 is 2.29 bits per heavy atom. The molecular formula is C17H27N3O. The fraction of sp³-hybridized carbons (Fsp3) is 0.588. The van der Waals surface area contributed by atoms with Crippen molar-refractivity contribution in [2.75, 3.05) is 13.1 Å². The zero-order chi connectivity index (χ0) is 15.5. The van der Waals surface area contributed by atoms with Crippen LogP contribution >= 0.6 is 0 Å². The van der Waals surface area contributed by atoms with E-state index >= 15 is 0 Å². The van der Waals surface area contributed by atoms with Gasteiger partial charge in [0.05, 0.1) is 0 Å². The van der Waals surface area contributed by atoms with Crippen molar-refractivity contribution in [3.8, 4) is 0 Å². The summed E-state index contributed by atoms with van der Waals surface area (Å²) in [5, 5.41) is 3.79. The Kier molecular flexibility index (Phi) is 4.88. The van der Waals surface area contributed by atoms with Gasteiger partial charge in [-0.05, 0) is 23.8 Å². The topological polar surface area (TPSA) is 58.4 Å². The maximum Gasteiger partial charge on any atom is 0.314 e. The SMILES string of the molecule is CC(C)(C)C(NC1CCN(C(N)=O)CC1)c1ccccc1. The molecule has 0 aromatic heterocycles. The molecule has 4 heteroatoms. The third-order valence-corrected chi connectivity index (χ3v) is 4.21. The Labute approximate surface area is 127 Å². The molecule has 1 unspecified atom stereocenters. The highest BCUT2D eigenvalue weighted by molar-refractivity contribution is 5.72. The van der Waals surface area contributed by atoms with Gasteiger partial charge in [0.1, 0.15) is 0 Å². The molecule has 1 fully saturated rings. The Bertz CT molecular complexity index is 459. The molecule has 1 aliphatic rings. The number of primary amides is 1. The van der Waals surface area contributed by atoms with Crippen LogP contribution in [0.4, 0.5) is 4.79 Å². The highest BCUT2D eigenvalue weighted by Crippen LogP contribution is 2.33. The first kappa shape index (κ1) is 15.8. The molecule has 0 spiro atoms. The maximum absolute atomic E-state index is 11.2. The van der Waals surface area contributed by atoms with Gasteiger partial charge in [0.25, 0.3) is 0 Å². The Morgan fingerprint density at radius 2 is 1.81 bits per heavy atom. The number of hydrogen-bond donors (Lipinski definition) is 2. The predicted molar refractivity (Wildman–Crippen MR) is 86.0 cm³/mol. The van der Waals surface area contributed by atoms with Crippen molar-refractivity contribution < 1.29 is 4.79 Å². The smallest absolute Gasteiger partial charge is 0.314 e. The molecule has 1 heterocycles. The summed E-state index contributed by atoms with van der Waals surface area (Å²) in [6.07, 6.45) is 1.92. The number of hydrogen-bond acceptors (Lipinski definition) is 2. The average Bonchev–Trinajstić information content (AvgIpc) is 2.45. The fourth-order valence-corrected chi connectivity index (χ4v) is 2.99. The first-order valence-electron chi connectivity index (χ1n) is 7.73. The van der Waals surface area contributed by atoms with E-state index in [1.165, 1.54) is 5.56 Å². The minimum absolute atomic E-state index is 0.141. The fourth-order valence-electron chi connectivity index (χ4n) is 2.99. The summed E-state index contributed by atoms with van der Waals surface area (Å²) < 4.78 is 0. The Balaban J connectivity index is 2.03. The van der Waals surface area contributed by atoms with Gasteiger partial charge in [0.2, 0.25) is 0 Å². The number of likely N-dealkylation sites (tertiary alicyclic amines) is 1. The average molecular weight is 289 g/mol. The quantitative estimate of drug-likeness (QED) is 0.899. The lowest BCUT2D eigenvalue weighted by molar-refractivity contribution is 0.169. The molecule has 1 atom stereocenters. The molecule has 3 N–H and O–H groups in total. The number of amides is 2. The molecule has 1 saturated heterocycles. The molecule has 116 valence electrons. The zero-order valence-electron chi connectivity index (χ0n) is 13.3. The molecule has 21 heavy (non-hydrogen) atoms. The Morgan fingerprint density at radius 1 is 1.24 bits per heavy atom. The number of nitrogens with zero attached hydrogens (tertiary/aromatic N) is 1. The number of nitrogens with one attached hydrogen (secondary N) is 1. The van der Waals surface area contributed by atoms with E-state index < -0.39 is 0 Å². The minimum Gasteiger partial charge on any atom is -0.351 e. The molecule has 0 aliphatic carbocycles. The van der Waals surface area contributed by atoms with E-state index in [0.717, 1.165) is 25.9 Å². The van der Waals surface area contributed by atoms with E-state index in [2.05, 4.69) is 56.4 Å². The van der Waals surface area contributed by atoms with E-state index in [0.29, 0.717) is 12.1 Å². The maximum atomic E-state index is 11.2. The van der Waals surface area contributed by atoms with Gasteiger partial charge < -0.3 is 16.0 Å². The summed E-state index contributed by atoms with van der Waals surface area (Å²) in [5.74, 6) is 0. The van der Waals surface area contributed by atoms with Crippen LogP contribution in [0.5, 0.6) is 0 Å². The summed E-state index contributed by atoms with van der Waals surface area (Å²) in [6.45, 7) is 8.28. The van der Waals surface area contributed by atoms with Crippen molar-refractivity contribution in [1.29, 1.82) is 0 Å². The van der Waals surface area contributed by atoms with Gasteiger partial charge in [-0.25, -0.2) is 4.79 Å². The number of piperidine rings is 1. The lowest BCUT2D eigenvalue weighted by Crippen LogP contribution is -2.49. The van der Waals surface area contributed by atoms with Crippen LogP contribution in [0.3, 0.4) is 0 Å². The number of carbonyl (C=O) groups is 1. The van der Waals surface area contributed by atoms with E-state index in [9.17, 15) is 4.79 Å². The van der Waals surface area contributed by atoms with Crippen molar-refractivity contribution in [2.45, 2.75) is 45.7 Å². The molecule has 0 saturated carbocycles. The Hall–Kier alpha value is -1.55. The van der Waals surface area contributed by atoms with Crippen LogP contribution in [0.15, 0.2) is 30.3 Å². The van der Waals surface area contributed by atoms with E-state index in [1.807, 2.05) is 0 Å². The lowest BCUT2D eigenvalue weighted by Gasteiger charge is -2.38. The van der Waals surface area contributed by atoms with E-state index in [4.69, 9.17) is 5.73 Å². The normalized spacial score (nSPS) is 18.5. The first-order valence-corrected chi connectivity index (χ1v) is 7.73. The molecule has 0 bridgehead atoms. The highest BCUT2D eigenvalue weighted by atomic mass is 16.2. The second-order valence-corrected chi connectivity index (χ2v) is 6.98. The zero-order valence-corrected chi connectivity index (χ0v) is 13.3. The third-order valence-electron chi connectivity index (χ3n) is 4.21. The lowest BCUT2D eigenvalue weighted by atomic mass is 9.81. The molecule has 1 aromatic rings. The largest absolute Gasteiger partial charge is 0.351 e. The molecule has 4 nitrogen and oxygen atoms in total. The second kappa shape index (κ2) is 6.48. The van der Waals surface area contributed by atoms with Gasteiger partial charge in [0, 0.05) is 25.2 Å². The number of benzene rings is 1. The van der Waals surface area contributed by atoms with Crippen LogP contribution in [0.25, 0.3) is 0 Å². The van der Waals surface area contributed by atoms with Crippen molar-refractivity contribution >= 4 is 6.03 Å². The van der Waals surface area contributed by atoms with Gasteiger partial charge >= 0.3 is 6.03 Å². The number of rotatable bonds is 3. The molecular weight excluding hydrogens is 262 g/mol. The molecule has 2 amide bonds. The number of urea groups is 1. The van der Waals surface area contributed by atoms with Crippen molar-refractivity contribution in [3.63, 3.8) is 0 Å². The van der Waals surface area contributed by atoms with Crippen LogP contribution in [0, 0.1) is 5.41 Å². The predicted octanol–water partition coefficient (Wildman–Crippen LogP) is 2.91. The monoisotopic (exact) mass is 289 g/mol. The van der Waals surface area contributed by atoms with Crippen LogP contribution in [0.2, 0.25) is 0 Å². The summed E-state index contributed by atoms with van der Waals surface area (Å²) >= 11 is 0. The molecule has 2 rings (SSSR count). The molecule has 1 aliphatic heterocycles. The van der Waals surface area contributed by atoms with Crippen LogP contribution in [0.1, 0.15) is 45.2 Å². The standard InChI is InChI=1S/C17H27N3O/c1-17(2,3)15(13-7-5-4-6-8-13)19-14-9-11-20(12-10-14)16(18)21/h4-8,14-15,19H,9-12H2,1-3H3,(H2,18,21). The highest BCUT2D eigenvalue weighted by Gasteiger charge is 2.30. The van der Waals surface area contributed by atoms with Gasteiger partial charge in [0.15, 0.2) is 0 Å². The van der Waals surface area contributed by atoms with Crippen molar-refractivity contribution in [3.05, 3.63) is 35.9 Å². The van der Waals surface area contributed by atoms with Gasteiger partial charge in [-0.1, -0.05) is 51.1 Å². The summed E-state index contributed by atoms with van der Waals surface area (Å²) in [7, 11) is 0. The number of carbonyl (C=O) groups excluding carboxylic acids is 1. The van der Waals surface area contributed by atoms with Gasteiger partial charge in [-0.15, -0.1) is 0 Å². The summed E-state index contributed by atoms with van der Waals surface area (Å²) in [4.78, 5) is 12.9. The van der Waals surface area contributed by atoms with Crippen molar-refractivity contribution in [1.82, 2.24) is 10.2 Å². The van der Waals surface area contributed by atoms with Gasteiger partial charge in [-0.2, -0.15) is 0 Å². The first-order chi connectivity index (χ1) is 9.88. The molecule has 0 radical (unpaired) electrons. The van der Waals surface area contributed by atoms with Crippen LogP contribution in [-0.2, 0) is 0 Å². The van der Waals surface area contributed by atoms with Gasteiger partial charge in [-0.3, -0.25) is 0 Å². The summed E-state index contributed by atoms with van der Waals surface area (Å²) in [5.41, 5.74) is 6.80. The van der Waals surface area contributed by atoms with Crippen LogP contribution in [-0.4, -0.2) is 30.1 Å². The number of nitrogens with two attached hydrogens (primary N) is 1.